The predicted octanol–water partition coefficient (Wildman–Crippen LogP) is 4.16. The summed E-state index contributed by atoms with van der Waals surface area (Å²) in [5.41, 5.74) is -0.983. The Morgan fingerprint density at radius 3 is 2.52 bits per heavy atom. The Balaban J connectivity index is 1.45. The van der Waals surface area contributed by atoms with E-state index in [2.05, 4.69) is 11.4 Å². The van der Waals surface area contributed by atoms with Crippen molar-refractivity contribution < 1.29 is 14.3 Å². The number of ether oxygens (including phenoxy) is 1. The van der Waals surface area contributed by atoms with E-state index in [0.717, 1.165) is 6.42 Å². The van der Waals surface area contributed by atoms with Gasteiger partial charge in [-0.3, -0.25) is 9.59 Å². The maximum absolute atomic E-state index is 12.9. The first-order valence-corrected chi connectivity index (χ1v) is 11.1. The number of hydrogen-bond acceptors (Lipinski definition) is 4. The minimum Gasteiger partial charge on any atom is -0.478 e. The molecule has 0 spiro atoms. The van der Waals surface area contributed by atoms with Crippen LogP contribution in [0.15, 0.2) is 41.8 Å². The fourth-order valence-electron chi connectivity index (χ4n) is 3.47. The topological polar surface area (TPSA) is 58.6 Å². The van der Waals surface area contributed by atoms with E-state index in [1.165, 1.54) is 4.88 Å². The van der Waals surface area contributed by atoms with E-state index < -0.39 is 5.60 Å². The molecule has 3 rings (SSSR count). The molecule has 156 valence electrons. The van der Waals surface area contributed by atoms with Crippen LogP contribution in [-0.2, 0) is 16.0 Å². The van der Waals surface area contributed by atoms with Gasteiger partial charge in [0, 0.05) is 35.5 Å². The van der Waals surface area contributed by atoms with Crippen molar-refractivity contribution in [1.82, 2.24) is 10.2 Å². The molecule has 1 fully saturated rings. The number of rotatable bonds is 7. The van der Waals surface area contributed by atoms with E-state index in [-0.39, 0.29) is 17.7 Å². The third-order valence-corrected chi connectivity index (χ3v) is 6.29. The molecule has 0 atom stereocenters. The summed E-state index contributed by atoms with van der Waals surface area (Å²) in [6.45, 7) is 5.32. The molecular weight excluding hydrogens is 408 g/mol. The molecule has 1 aromatic heterocycles. The van der Waals surface area contributed by atoms with Crippen molar-refractivity contribution >= 4 is 34.8 Å². The number of carbonyl (C=O) groups excluding carboxylic acids is 2. The van der Waals surface area contributed by atoms with Crippen LogP contribution in [0.1, 0.15) is 31.6 Å². The minimum absolute atomic E-state index is 0.0392. The summed E-state index contributed by atoms with van der Waals surface area (Å²) in [4.78, 5) is 28.4. The fraction of sp³-hybridized carbons (Fsp3) is 0.455. The second-order valence-electron chi connectivity index (χ2n) is 7.75. The first-order chi connectivity index (χ1) is 13.8. The van der Waals surface area contributed by atoms with Gasteiger partial charge in [-0.15, -0.1) is 11.3 Å². The Bertz CT molecular complexity index is 813. The van der Waals surface area contributed by atoms with Gasteiger partial charge in [0.15, 0.2) is 5.60 Å². The molecule has 7 heteroatoms. The number of likely N-dealkylation sites (tertiary alicyclic amines) is 1. The summed E-state index contributed by atoms with van der Waals surface area (Å²) in [6.07, 6.45) is 2.21. The summed E-state index contributed by atoms with van der Waals surface area (Å²) >= 11 is 7.60. The first-order valence-electron chi connectivity index (χ1n) is 9.89. The number of nitrogens with zero attached hydrogens (tertiary/aromatic N) is 1. The third-order valence-electron chi connectivity index (χ3n) is 5.11. The van der Waals surface area contributed by atoms with Gasteiger partial charge in [-0.2, -0.15) is 0 Å². The maximum Gasteiger partial charge on any atom is 0.266 e. The van der Waals surface area contributed by atoms with Gasteiger partial charge >= 0.3 is 0 Å². The van der Waals surface area contributed by atoms with E-state index in [9.17, 15) is 9.59 Å². The smallest absolute Gasteiger partial charge is 0.266 e. The Hall–Kier alpha value is -2.05. The van der Waals surface area contributed by atoms with Crippen molar-refractivity contribution in [2.75, 3.05) is 19.6 Å². The van der Waals surface area contributed by atoms with E-state index in [1.54, 1.807) is 54.3 Å². The highest BCUT2D eigenvalue weighted by Crippen LogP contribution is 2.25. The number of halogens is 1. The van der Waals surface area contributed by atoms with Crippen LogP contribution in [0.25, 0.3) is 0 Å². The molecule has 29 heavy (non-hydrogen) atoms. The van der Waals surface area contributed by atoms with Gasteiger partial charge in [0.25, 0.3) is 5.91 Å². The molecule has 5 nitrogen and oxygen atoms in total. The zero-order valence-corrected chi connectivity index (χ0v) is 18.4. The second-order valence-corrected chi connectivity index (χ2v) is 9.22. The van der Waals surface area contributed by atoms with Crippen LogP contribution in [0.2, 0.25) is 5.02 Å². The molecule has 1 aliphatic rings. The van der Waals surface area contributed by atoms with Crippen molar-refractivity contribution in [3.63, 3.8) is 0 Å². The standard InChI is InChI=1S/C22H27ClN2O3S/c1-22(2,28-18-7-5-17(23)6-8-18)21(27)25-13-10-16(11-14-25)20(26)24-12-9-19-4-3-15-29-19/h3-8,15-16H,9-14H2,1-2H3,(H,24,26). The number of amides is 2. The molecule has 0 unspecified atom stereocenters. The number of carbonyl (C=O) groups is 2. The van der Waals surface area contributed by atoms with E-state index in [4.69, 9.17) is 16.3 Å². The molecule has 0 aliphatic carbocycles. The lowest BCUT2D eigenvalue weighted by Crippen LogP contribution is -2.52. The Kier molecular flexibility index (Phi) is 7.19. The summed E-state index contributed by atoms with van der Waals surface area (Å²) in [5, 5.41) is 5.70. The highest BCUT2D eigenvalue weighted by atomic mass is 35.5. The number of hydrogen-bond donors (Lipinski definition) is 1. The molecule has 2 heterocycles. The number of thiophene rings is 1. The first kappa shape index (κ1) is 21.7. The molecule has 1 aliphatic heterocycles. The second kappa shape index (κ2) is 9.63. The fourth-order valence-corrected chi connectivity index (χ4v) is 4.31. The van der Waals surface area contributed by atoms with Gasteiger partial charge in [0.2, 0.25) is 5.91 Å². The molecule has 2 amide bonds. The van der Waals surface area contributed by atoms with E-state index in [1.807, 2.05) is 11.4 Å². The van der Waals surface area contributed by atoms with Crippen molar-refractivity contribution in [3.8, 4) is 5.75 Å². The van der Waals surface area contributed by atoms with Crippen LogP contribution in [0.3, 0.4) is 0 Å². The van der Waals surface area contributed by atoms with Gasteiger partial charge in [0.05, 0.1) is 0 Å². The van der Waals surface area contributed by atoms with Gasteiger partial charge in [-0.05, 0) is 68.8 Å². The number of benzene rings is 1. The van der Waals surface area contributed by atoms with E-state index in [0.29, 0.717) is 43.2 Å². The number of piperidine rings is 1. The lowest BCUT2D eigenvalue weighted by atomic mass is 9.94. The summed E-state index contributed by atoms with van der Waals surface area (Å²) in [5.74, 6) is 0.588. The normalized spacial score (nSPS) is 15.2. The molecule has 1 N–H and O–H groups in total. The quantitative estimate of drug-likeness (QED) is 0.711. The summed E-state index contributed by atoms with van der Waals surface area (Å²) < 4.78 is 5.91. The highest BCUT2D eigenvalue weighted by molar-refractivity contribution is 7.09. The predicted molar refractivity (Wildman–Crippen MR) is 116 cm³/mol. The Labute approximate surface area is 181 Å². The van der Waals surface area contributed by atoms with Crippen LogP contribution in [0.4, 0.5) is 0 Å². The molecule has 0 saturated carbocycles. The third kappa shape index (κ3) is 5.97. The van der Waals surface area contributed by atoms with Crippen LogP contribution in [0.5, 0.6) is 5.75 Å². The zero-order chi connectivity index (χ0) is 20.9. The van der Waals surface area contributed by atoms with Gasteiger partial charge in [-0.25, -0.2) is 0 Å². The van der Waals surface area contributed by atoms with Crippen LogP contribution >= 0.6 is 22.9 Å². The molecule has 2 aromatic rings. The monoisotopic (exact) mass is 434 g/mol. The van der Waals surface area contributed by atoms with Crippen molar-refractivity contribution in [2.45, 2.75) is 38.7 Å². The van der Waals surface area contributed by atoms with Crippen molar-refractivity contribution in [3.05, 3.63) is 51.7 Å². The number of nitrogens with one attached hydrogen (secondary N) is 1. The molecule has 1 aromatic carbocycles. The van der Waals surface area contributed by atoms with Crippen LogP contribution < -0.4 is 10.1 Å². The van der Waals surface area contributed by atoms with Gasteiger partial charge in [0.1, 0.15) is 5.75 Å². The van der Waals surface area contributed by atoms with Gasteiger partial charge < -0.3 is 15.0 Å². The van der Waals surface area contributed by atoms with Gasteiger partial charge in [-0.1, -0.05) is 17.7 Å². The Morgan fingerprint density at radius 1 is 1.21 bits per heavy atom. The van der Waals surface area contributed by atoms with E-state index >= 15 is 0 Å². The SMILES string of the molecule is CC(C)(Oc1ccc(Cl)cc1)C(=O)N1CCC(C(=O)NCCc2cccs2)CC1. The molecular formula is C22H27ClN2O3S. The highest BCUT2D eigenvalue weighted by Gasteiger charge is 2.37. The van der Waals surface area contributed by atoms with Crippen LogP contribution in [-0.4, -0.2) is 41.9 Å². The molecule has 0 radical (unpaired) electrons. The minimum atomic E-state index is -0.983. The Morgan fingerprint density at radius 2 is 1.90 bits per heavy atom. The lowest BCUT2D eigenvalue weighted by Gasteiger charge is -2.36. The lowest BCUT2D eigenvalue weighted by molar-refractivity contribution is -0.148. The molecule has 1 saturated heterocycles. The van der Waals surface area contributed by atoms with Crippen LogP contribution in [0, 0.1) is 5.92 Å². The summed E-state index contributed by atoms with van der Waals surface area (Å²) in [6, 6.07) is 11.1. The zero-order valence-electron chi connectivity index (χ0n) is 16.8. The summed E-state index contributed by atoms with van der Waals surface area (Å²) in [7, 11) is 0. The average molecular weight is 435 g/mol. The van der Waals surface area contributed by atoms with Crippen molar-refractivity contribution in [2.24, 2.45) is 5.92 Å². The van der Waals surface area contributed by atoms with Crippen molar-refractivity contribution in [1.29, 1.82) is 0 Å². The molecule has 0 bridgehead atoms. The largest absolute Gasteiger partial charge is 0.478 e. The average Bonchev–Trinajstić information content (AvgIpc) is 3.22. The maximum atomic E-state index is 12.9.